The molecule has 2 N–H and O–H groups in total. The number of hydrogen-bond acceptors (Lipinski definition) is 2. The van der Waals surface area contributed by atoms with E-state index < -0.39 is 0 Å². The summed E-state index contributed by atoms with van der Waals surface area (Å²) in [6.45, 7) is 8.33. The minimum Gasteiger partial charge on any atom is -0.504 e. The summed E-state index contributed by atoms with van der Waals surface area (Å²) in [6, 6.07) is 3.27. The monoisotopic (exact) mass is 194 g/mol. The highest BCUT2D eigenvalue weighted by molar-refractivity contribution is 5.47. The Labute approximate surface area is 85.2 Å². The van der Waals surface area contributed by atoms with Gasteiger partial charge in [0.2, 0.25) is 0 Å². The van der Waals surface area contributed by atoms with Crippen molar-refractivity contribution in [3.05, 3.63) is 23.3 Å². The fourth-order valence-electron chi connectivity index (χ4n) is 1.60. The molecule has 1 aromatic rings. The smallest absolute Gasteiger partial charge is 0.157 e. The van der Waals surface area contributed by atoms with Crippen LogP contribution in [0.4, 0.5) is 0 Å². The molecule has 0 aliphatic rings. The number of phenolic OH excluding ortho intramolecular Hbond substituents is 2. The average Bonchev–Trinajstić information content (AvgIpc) is 2.11. The summed E-state index contributed by atoms with van der Waals surface area (Å²) in [5.41, 5.74) is 2.15. The lowest BCUT2D eigenvalue weighted by Gasteiger charge is -2.25. The van der Waals surface area contributed by atoms with Gasteiger partial charge in [-0.3, -0.25) is 0 Å². The van der Waals surface area contributed by atoms with Crippen LogP contribution in [0, 0.1) is 6.92 Å². The fraction of sp³-hybridized carbons (Fsp3) is 0.500. The van der Waals surface area contributed by atoms with Crippen molar-refractivity contribution in [2.24, 2.45) is 0 Å². The van der Waals surface area contributed by atoms with Crippen molar-refractivity contribution in [1.29, 1.82) is 0 Å². The molecule has 0 amide bonds. The Kier molecular flexibility index (Phi) is 2.74. The normalized spacial score (nSPS) is 11.7. The maximum absolute atomic E-state index is 9.43. The maximum Gasteiger partial charge on any atom is 0.157 e. The minimum absolute atomic E-state index is 0.0351. The van der Waals surface area contributed by atoms with Crippen molar-refractivity contribution in [3.8, 4) is 11.5 Å². The van der Waals surface area contributed by atoms with Crippen LogP contribution in [0.1, 0.15) is 38.3 Å². The maximum atomic E-state index is 9.43. The molecule has 0 spiro atoms. The SMILES string of the molecule is CCC(C)(C)c1cc(O)c(O)cc1C. The summed E-state index contributed by atoms with van der Waals surface area (Å²) in [7, 11) is 0. The van der Waals surface area contributed by atoms with Gasteiger partial charge in [-0.05, 0) is 42.0 Å². The predicted molar refractivity (Wildman–Crippen MR) is 57.8 cm³/mol. The Hall–Kier alpha value is -1.18. The Bertz CT molecular complexity index is 340. The molecule has 0 fully saturated rings. The van der Waals surface area contributed by atoms with Gasteiger partial charge in [0.15, 0.2) is 11.5 Å². The molecule has 0 radical (unpaired) electrons. The zero-order valence-corrected chi connectivity index (χ0v) is 9.26. The number of rotatable bonds is 2. The molecule has 0 saturated heterocycles. The molecule has 0 atom stereocenters. The van der Waals surface area contributed by atoms with Crippen molar-refractivity contribution < 1.29 is 10.2 Å². The molecule has 78 valence electrons. The zero-order valence-electron chi connectivity index (χ0n) is 9.26. The van der Waals surface area contributed by atoms with Crippen molar-refractivity contribution in [1.82, 2.24) is 0 Å². The summed E-state index contributed by atoms with van der Waals surface area (Å²) in [5.74, 6) is -0.0784. The molecular formula is C12H18O2. The van der Waals surface area contributed by atoms with Gasteiger partial charge in [-0.2, -0.15) is 0 Å². The molecule has 0 bridgehead atoms. The van der Waals surface area contributed by atoms with Gasteiger partial charge in [0.1, 0.15) is 0 Å². The molecule has 1 aromatic carbocycles. The molecule has 0 unspecified atom stereocenters. The number of aryl methyl sites for hydroxylation is 1. The van der Waals surface area contributed by atoms with E-state index in [2.05, 4.69) is 20.8 Å². The Morgan fingerprint density at radius 3 is 2.14 bits per heavy atom. The zero-order chi connectivity index (χ0) is 10.9. The van der Waals surface area contributed by atoms with E-state index in [1.54, 1.807) is 12.1 Å². The van der Waals surface area contributed by atoms with E-state index in [4.69, 9.17) is 0 Å². The van der Waals surface area contributed by atoms with E-state index in [1.807, 2.05) is 6.92 Å². The van der Waals surface area contributed by atoms with Gasteiger partial charge in [-0.1, -0.05) is 20.8 Å². The third-order valence-electron chi connectivity index (χ3n) is 2.93. The van der Waals surface area contributed by atoms with E-state index in [0.717, 1.165) is 17.5 Å². The molecule has 14 heavy (non-hydrogen) atoms. The largest absolute Gasteiger partial charge is 0.504 e. The van der Waals surface area contributed by atoms with Crippen molar-refractivity contribution in [2.45, 2.75) is 39.5 Å². The second-order valence-corrected chi connectivity index (χ2v) is 4.39. The van der Waals surface area contributed by atoms with Crippen LogP contribution < -0.4 is 0 Å². The van der Waals surface area contributed by atoms with Crippen LogP contribution >= 0.6 is 0 Å². The highest BCUT2D eigenvalue weighted by atomic mass is 16.3. The Balaban J connectivity index is 3.29. The van der Waals surface area contributed by atoms with Gasteiger partial charge in [0.25, 0.3) is 0 Å². The minimum atomic E-state index is -0.0434. The first-order valence-corrected chi connectivity index (χ1v) is 4.91. The second kappa shape index (κ2) is 3.52. The van der Waals surface area contributed by atoms with Crippen LogP contribution in [0.3, 0.4) is 0 Å². The van der Waals surface area contributed by atoms with Crippen molar-refractivity contribution in [2.75, 3.05) is 0 Å². The molecule has 2 nitrogen and oxygen atoms in total. The quantitative estimate of drug-likeness (QED) is 0.710. The lowest BCUT2D eigenvalue weighted by molar-refractivity contribution is 0.399. The topological polar surface area (TPSA) is 40.5 Å². The number of aromatic hydroxyl groups is 2. The number of hydrogen-bond donors (Lipinski definition) is 2. The second-order valence-electron chi connectivity index (χ2n) is 4.39. The number of benzene rings is 1. The van der Waals surface area contributed by atoms with Crippen LogP contribution in [0.5, 0.6) is 11.5 Å². The first-order valence-electron chi connectivity index (χ1n) is 4.91. The van der Waals surface area contributed by atoms with E-state index in [0.29, 0.717) is 0 Å². The molecule has 1 rings (SSSR count). The average molecular weight is 194 g/mol. The van der Waals surface area contributed by atoms with Crippen LogP contribution in [0.2, 0.25) is 0 Å². The van der Waals surface area contributed by atoms with Crippen LogP contribution in [-0.4, -0.2) is 10.2 Å². The Morgan fingerprint density at radius 2 is 1.64 bits per heavy atom. The summed E-state index contributed by atoms with van der Waals surface area (Å²) >= 11 is 0. The fourth-order valence-corrected chi connectivity index (χ4v) is 1.60. The van der Waals surface area contributed by atoms with Crippen LogP contribution in [-0.2, 0) is 5.41 Å². The van der Waals surface area contributed by atoms with Gasteiger partial charge in [0, 0.05) is 0 Å². The van der Waals surface area contributed by atoms with Gasteiger partial charge < -0.3 is 10.2 Å². The van der Waals surface area contributed by atoms with Crippen molar-refractivity contribution >= 4 is 0 Å². The highest BCUT2D eigenvalue weighted by Gasteiger charge is 2.21. The first kappa shape index (κ1) is 10.9. The third-order valence-corrected chi connectivity index (χ3v) is 2.93. The molecule has 2 heteroatoms. The van der Waals surface area contributed by atoms with E-state index in [1.165, 1.54) is 0 Å². The van der Waals surface area contributed by atoms with Gasteiger partial charge in [-0.15, -0.1) is 0 Å². The lowest BCUT2D eigenvalue weighted by Crippen LogP contribution is -2.16. The molecule has 0 heterocycles. The molecule has 0 aliphatic carbocycles. The van der Waals surface area contributed by atoms with Gasteiger partial charge in [0.05, 0.1) is 0 Å². The summed E-state index contributed by atoms with van der Waals surface area (Å²) in [6.07, 6.45) is 0.998. The standard InChI is InChI=1S/C12H18O2/c1-5-12(3,4)9-7-11(14)10(13)6-8(9)2/h6-7,13-14H,5H2,1-4H3. The van der Waals surface area contributed by atoms with Gasteiger partial charge >= 0.3 is 0 Å². The predicted octanol–water partition coefficient (Wildman–Crippen LogP) is 3.09. The van der Waals surface area contributed by atoms with Gasteiger partial charge in [-0.25, -0.2) is 0 Å². The molecule has 0 aromatic heterocycles. The Morgan fingerprint density at radius 1 is 1.14 bits per heavy atom. The van der Waals surface area contributed by atoms with E-state index in [-0.39, 0.29) is 16.9 Å². The summed E-state index contributed by atoms with van der Waals surface area (Å²) in [5, 5.41) is 18.7. The van der Waals surface area contributed by atoms with Crippen molar-refractivity contribution in [3.63, 3.8) is 0 Å². The van der Waals surface area contributed by atoms with Crippen LogP contribution in [0.25, 0.3) is 0 Å². The molecule has 0 aliphatic heterocycles. The summed E-state index contributed by atoms with van der Waals surface area (Å²) < 4.78 is 0. The van der Waals surface area contributed by atoms with E-state index in [9.17, 15) is 10.2 Å². The lowest BCUT2D eigenvalue weighted by atomic mass is 9.80. The van der Waals surface area contributed by atoms with Crippen LogP contribution in [0.15, 0.2) is 12.1 Å². The number of phenols is 2. The molecular weight excluding hydrogens is 176 g/mol. The third kappa shape index (κ3) is 1.84. The summed E-state index contributed by atoms with van der Waals surface area (Å²) in [4.78, 5) is 0. The van der Waals surface area contributed by atoms with E-state index >= 15 is 0 Å². The molecule has 0 saturated carbocycles. The first-order chi connectivity index (χ1) is 6.38. The highest BCUT2D eigenvalue weighted by Crippen LogP contribution is 2.36.